The Hall–Kier alpha value is -4.45. The molecular weight excluding hydrogens is 472 g/mol. The van der Waals surface area contributed by atoms with Gasteiger partial charge in [-0.05, 0) is 56.3 Å². The Labute approximate surface area is 199 Å². The maximum absolute atomic E-state index is 12.9. The van der Waals surface area contributed by atoms with E-state index >= 15 is 0 Å². The molecule has 0 aliphatic heterocycles. The van der Waals surface area contributed by atoms with Gasteiger partial charge in [-0.25, -0.2) is 23.2 Å². The van der Waals surface area contributed by atoms with Crippen LogP contribution in [-0.2, 0) is 17.1 Å². The molecule has 11 nitrogen and oxygen atoms in total. The standard InChI is InChI=1S/C23H20N6O5S/c1-14-25-21(29-11-10-24-15(29)2)13-22(26-14)33-17-6-4-16(5-7-17)27-35(31,32)18-8-9-20-19(12-18)28(3)23(30)34-20/h4-13,27H,1-3H3. The number of hydrogen-bond acceptors (Lipinski definition) is 8. The molecule has 2 aromatic carbocycles. The van der Waals surface area contributed by atoms with Gasteiger partial charge in [-0.15, -0.1) is 0 Å². The van der Waals surface area contributed by atoms with E-state index in [1.54, 1.807) is 49.6 Å². The molecule has 0 bridgehead atoms. The average molecular weight is 493 g/mol. The van der Waals surface area contributed by atoms with Crippen LogP contribution in [-0.4, -0.2) is 32.5 Å². The molecule has 0 unspecified atom stereocenters. The number of aryl methyl sites for hydroxylation is 3. The molecule has 0 fully saturated rings. The van der Waals surface area contributed by atoms with Gasteiger partial charge in [0.15, 0.2) is 5.58 Å². The van der Waals surface area contributed by atoms with Crippen LogP contribution < -0.4 is 15.2 Å². The number of sulfonamides is 1. The number of nitrogens with zero attached hydrogens (tertiary/aromatic N) is 5. The Morgan fingerprint density at radius 1 is 1.03 bits per heavy atom. The van der Waals surface area contributed by atoms with Crippen LogP contribution in [0.15, 0.2) is 75.0 Å². The van der Waals surface area contributed by atoms with Gasteiger partial charge in [-0.1, -0.05) is 0 Å². The minimum absolute atomic E-state index is 0.000474. The minimum atomic E-state index is -3.90. The highest BCUT2D eigenvalue weighted by atomic mass is 32.2. The highest BCUT2D eigenvalue weighted by Gasteiger charge is 2.17. The lowest BCUT2D eigenvalue weighted by Crippen LogP contribution is -2.13. The van der Waals surface area contributed by atoms with Gasteiger partial charge >= 0.3 is 5.76 Å². The summed E-state index contributed by atoms with van der Waals surface area (Å²) in [6.07, 6.45) is 3.48. The Morgan fingerprint density at radius 2 is 1.80 bits per heavy atom. The van der Waals surface area contributed by atoms with E-state index in [4.69, 9.17) is 9.15 Å². The quantitative estimate of drug-likeness (QED) is 0.382. The minimum Gasteiger partial charge on any atom is -0.439 e. The Bertz CT molecular complexity index is 1720. The monoisotopic (exact) mass is 492 g/mol. The molecule has 0 spiro atoms. The maximum atomic E-state index is 12.9. The molecule has 1 N–H and O–H groups in total. The second-order valence-corrected chi connectivity index (χ2v) is 9.43. The third-order valence-electron chi connectivity index (χ3n) is 5.28. The fraction of sp³-hybridized carbons (Fsp3) is 0.130. The summed E-state index contributed by atoms with van der Waals surface area (Å²) in [5, 5.41) is 0. The third-order valence-corrected chi connectivity index (χ3v) is 6.65. The summed E-state index contributed by atoms with van der Waals surface area (Å²) < 4.78 is 42.2. The van der Waals surface area contributed by atoms with Gasteiger partial charge in [-0.3, -0.25) is 13.9 Å². The number of benzene rings is 2. The molecule has 0 aliphatic carbocycles. The van der Waals surface area contributed by atoms with E-state index in [-0.39, 0.29) is 4.90 Å². The summed E-state index contributed by atoms with van der Waals surface area (Å²) in [6.45, 7) is 3.63. The molecule has 0 atom stereocenters. The van der Waals surface area contributed by atoms with Crippen LogP contribution in [0.1, 0.15) is 11.6 Å². The molecule has 35 heavy (non-hydrogen) atoms. The zero-order chi connectivity index (χ0) is 24.7. The molecular formula is C23H20N6O5S. The van der Waals surface area contributed by atoms with Crippen LogP contribution in [0.4, 0.5) is 5.69 Å². The lowest BCUT2D eigenvalue weighted by molar-refractivity contribution is 0.459. The van der Waals surface area contributed by atoms with Crippen molar-refractivity contribution in [3.63, 3.8) is 0 Å². The molecule has 5 rings (SSSR count). The molecule has 178 valence electrons. The molecule has 0 aliphatic rings. The molecule has 12 heteroatoms. The van der Waals surface area contributed by atoms with Gasteiger partial charge in [-0.2, -0.15) is 4.98 Å². The van der Waals surface area contributed by atoms with Crippen molar-refractivity contribution < 1.29 is 17.6 Å². The fourth-order valence-electron chi connectivity index (χ4n) is 3.52. The van der Waals surface area contributed by atoms with Crippen LogP contribution in [0, 0.1) is 13.8 Å². The van der Waals surface area contributed by atoms with Gasteiger partial charge < -0.3 is 9.15 Å². The first-order valence-corrected chi connectivity index (χ1v) is 11.9. The van der Waals surface area contributed by atoms with Crippen molar-refractivity contribution in [3.8, 4) is 17.4 Å². The summed E-state index contributed by atoms with van der Waals surface area (Å²) in [6, 6.07) is 12.3. The van der Waals surface area contributed by atoms with Crippen LogP contribution >= 0.6 is 0 Å². The van der Waals surface area contributed by atoms with Crippen molar-refractivity contribution in [1.29, 1.82) is 0 Å². The number of oxazole rings is 1. The SMILES string of the molecule is Cc1nc(Oc2ccc(NS(=O)(=O)c3ccc4oc(=O)n(C)c4c3)cc2)cc(-n2ccnc2C)n1. The molecule has 0 saturated heterocycles. The van der Waals surface area contributed by atoms with Gasteiger partial charge in [0, 0.05) is 31.2 Å². The highest BCUT2D eigenvalue weighted by molar-refractivity contribution is 7.92. The van der Waals surface area contributed by atoms with E-state index in [2.05, 4.69) is 19.7 Å². The molecule has 3 aromatic heterocycles. The molecule has 3 heterocycles. The zero-order valence-electron chi connectivity index (χ0n) is 19.0. The Kier molecular flexibility index (Phi) is 5.36. The second-order valence-electron chi connectivity index (χ2n) is 7.74. The molecule has 0 saturated carbocycles. The van der Waals surface area contributed by atoms with Crippen LogP contribution in [0.25, 0.3) is 16.9 Å². The van der Waals surface area contributed by atoms with Gasteiger partial charge in [0.25, 0.3) is 10.0 Å². The number of fused-ring (bicyclic) bond motifs is 1. The van der Waals surface area contributed by atoms with Crippen LogP contribution in [0.5, 0.6) is 11.6 Å². The van der Waals surface area contributed by atoms with Crippen molar-refractivity contribution in [2.75, 3.05) is 4.72 Å². The number of hydrogen-bond donors (Lipinski definition) is 1. The largest absolute Gasteiger partial charge is 0.439 e. The normalized spacial score (nSPS) is 11.6. The molecule has 0 radical (unpaired) electrons. The number of nitrogens with one attached hydrogen (secondary N) is 1. The molecule has 5 aromatic rings. The van der Waals surface area contributed by atoms with Crippen molar-refractivity contribution in [1.82, 2.24) is 24.1 Å². The smallest absolute Gasteiger partial charge is 0.419 e. The fourth-order valence-corrected chi connectivity index (χ4v) is 4.60. The first kappa shape index (κ1) is 22.3. The van der Waals surface area contributed by atoms with E-state index in [0.29, 0.717) is 40.1 Å². The number of imidazole rings is 1. The van der Waals surface area contributed by atoms with Crippen molar-refractivity contribution >= 4 is 26.8 Å². The molecule has 0 amide bonds. The predicted molar refractivity (Wildman–Crippen MR) is 127 cm³/mol. The predicted octanol–water partition coefficient (Wildman–Crippen LogP) is 3.32. The number of aromatic nitrogens is 5. The van der Waals surface area contributed by atoms with Crippen LogP contribution in [0.2, 0.25) is 0 Å². The van der Waals surface area contributed by atoms with Gasteiger partial charge in [0.05, 0.1) is 10.4 Å². The van der Waals surface area contributed by atoms with Crippen molar-refractivity contribution in [2.24, 2.45) is 7.05 Å². The first-order chi connectivity index (χ1) is 16.7. The maximum Gasteiger partial charge on any atom is 0.419 e. The summed E-state index contributed by atoms with van der Waals surface area (Å²) in [5.41, 5.74) is 1.03. The van der Waals surface area contributed by atoms with Gasteiger partial charge in [0.2, 0.25) is 5.88 Å². The summed E-state index contributed by atoms with van der Waals surface area (Å²) in [5.74, 6) is 2.17. The average Bonchev–Trinajstić information content (AvgIpc) is 3.37. The summed E-state index contributed by atoms with van der Waals surface area (Å²) in [4.78, 5) is 24.6. The topological polar surface area (TPSA) is 134 Å². The number of ether oxygens (including phenoxy) is 1. The Balaban J connectivity index is 1.35. The lowest BCUT2D eigenvalue weighted by atomic mass is 10.3. The second kappa shape index (κ2) is 8.40. The summed E-state index contributed by atoms with van der Waals surface area (Å²) >= 11 is 0. The lowest BCUT2D eigenvalue weighted by Gasteiger charge is -2.11. The zero-order valence-corrected chi connectivity index (χ0v) is 19.8. The van der Waals surface area contributed by atoms with Crippen molar-refractivity contribution in [2.45, 2.75) is 18.7 Å². The van der Waals surface area contributed by atoms with E-state index in [1.165, 1.54) is 29.8 Å². The highest BCUT2D eigenvalue weighted by Crippen LogP contribution is 2.25. The van der Waals surface area contributed by atoms with Crippen LogP contribution in [0.3, 0.4) is 0 Å². The van der Waals surface area contributed by atoms with E-state index < -0.39 is 15.8 Å². The summed E-state index contributed by atoms with van der Waals surface area (Å²) in [7, 11) is -2.39. The van der Waals surface area contributed by atoms with E-state index in [1.807, 2.05) is 11.5 Å². The number of anilines is 1. The van der Waals surface area contributed by atoms with E-state index in [0.717, 1.165) is 5.82 Å². The number of rotatable bonds is 6. The van der Waals surface area contributed by atoms with Gasteiger partial charge in [0.1, 0.15) is 23.2 Å². The third kappa shape index (κ3) is 4.38. The van der Waals surface area contributed by atoms with E-state index in [9.17, 15) is 13.2 Å². The first-order valence-electron chi connectivity index (χ1n) is 10.5. The van der Waals surface area contributed by atoms with Crippen molar-refractivity contribution in [3.05, 3.63) is 83.1 Å². The Morgan fingerprint density at radius 3 is 2.51 bits per heavy atom.